The SMILES string of the molecule is O=C(NC1(C(=O)NCC(F)(F)C(=O)O)CC1)OCC1c2ccccc2-c2ccccc21. The third-order valence-electron chi connectivity index (χ3n) is 5.65. The highest BCUT2D eigenvalue weighted by Gasteiger charge is 2.53. The van der Waals surface area contributed by atoms with Gasteiger partial charge in [0.2, 0.25) is 5.91 Å². The molecule has 0 atom stereocenters. The van der Waals surface area contributed by atoms with Gasteiger partial charge in [0.25, 0.3) is 0 Å². The summed E-state index contributed by atoms with van der Waals surface area (Å²) in [6, 6.07) is 15.7. The number of alkyl carbamates (subject to hydrolysis) is 1. The molecule has 4 rings (SSSR count). The standard InChI is InChI=1S/C22H20F2N2O5/c23-22(24,19(28)29)12-25-18(27)21(9-10-21)26-20(30)31-11-17-15-7-3-1-5-13(15)14-6-2-4-8-16(14)17/h1-8,17H,9-12H2,(H,25,27)(H,26,30)(H,28,29). The monoisotopic (exact) mass is 430 g/mol. The minimum atomic E-state index is -4.09. The van der Waals surface area contributed by atoms with Crippen LogP contribution < -0.4 is 10.6 Å². The van der Waals surface area contributed by atoms with Crippen LogP contribution in [0.15, 0.2) is 48.5 Å². The highest BCUT2D eigenvalue weighted by Crippen LogP contribution is 2.44. The number of carbonyl (C=O) groups is 3. The van der Waals surface area contributed by atoms with Gasteiger partial charge in [-0.05, 0) is 35.1 Å². The van der Waals surface area contributed by atoms with E-state index in [0.717, 1.165) is 22.3 Å². The zero-order valence-electron chi connectivity index (χ0n) is 16.4. The number of rotatable bonds is 7. The van der Waals surface area contributed by atoms with E-state index in [1.807, 2.05) is 53.8 Å². The van der Waals surface area contributed by atoms with Gasteiger partial charge >= 0.3 is 18.0 Å². The second kappa shape index (κ2) is 7.64. The number of fused-ring (bicyclic) bond motifs is 3. The molecule has 1 saturated carbocycles. The van der Waals surface area contributed by atoms with Gasteiger partial charge in [-0.2, -0.15) is 8.78 Å². The van der Waals surface area contributed by atoms with Crippen LogP contribution in [0, 0.1) is 0 Å². The molecule has 2 aromatic carbocycles. The molecule has 3 N–H and O–H groups in total. The van der Waals surface area contributed by atoms with Crippen molar-refractivity contribution in [1.29, 1.82) is 0 Å². The predicted octanol–water partition coefficient (Wildman–Crippen LogP) is 2.89. The van der Waals surface area contributed by atoms with Gasteiger partial charge in [0, 0.05) is 5.92 Å². The van der Waals surface area contributed by atoms with E-state index in [-0.39, 0.29) is 25.4 Å². The van der Waals surface area contributed by atoms with E-state index in [0.29, 0.717) is 0 Å². The Labute approximate surface area is 176 Å². The number of carboxylic acid groups (broad SMARTS) is 1. The molecule has 0 aliphatic heterocycles. The zero-order valence-corrected chi connectivity index (χ0v) is 16.4. The van der Waals surface area contributed by atoms with Crippen LogP contribution in [0.25, 0.3) is 11.1 Å². The summed E-state index contributed by atoms with van der Waals surface area (Å²) >= 11 is 0. The van der Waals surface area contributed by atoms with Gasteiger partial charge in [-0.1, -0.05) is 48.5 Å². The van der Waals surface area contributed by atoms with Crippen molar-refractivity contribution in [2.45, 2.75) is 30.2 Å². The smallest absolute Gasteiger partial charge is 0.408 e. The number of alkyl halides is 2. The second-order valence-electron chi connectivity index (χ2n) is 7.72. The molecule has 0 heterocycles. The molecule has 2 aliphatic carbocycles. The number of carbonyl (C=O) groups excluding carboxylic acids is 2. The molecule has 31 heavy (non-hydrogen) atoms. The van der Waals surface area contributed by atoms with E-state index in [2.05, 4.69) is 5.32 Å². The number of carboxylic acids is 1. The first-order valence-electron chi connectivity index (χ1n) is 9.76. The molecule has 7 nitrogen and oxygen atoms in total. The van der Waals surface area contributed by atoms with Crippen molar-refractivity contribution in [2.75, 3.05) is 13.2 Å². The van der Waals surface area contributed by atoms with E-state index < -0.39 is 36.0 Å². The quantitative estimate of drug-likeness (QED) is 0.627. The van der Waals surface area contributed by atoms with Gasteiger partial charge < -0.3 is 20.5 Å². The number of hydrogen-bond acceptors (Lipinski definition) is 4. The fourth-order valence-electron chi connectivity index (χ4n) is 3.80. The minimum Gasteiger partial charge on any atom is -0.477 e. The van der Waals surface area contributed by atoms with Crippen LogP contribution >= 0.6 is 0 Å². The normalized spacial score (nSPS) is 16.1. The highest BCUT2D eigenvalue weighted by molar-refractivity contribution is 5.93. The summed E-state index contributed by atoms with van der Waals surface area (Å²) in [7, 11) is 0. The third kappa shape index (κ3) is 3.95. The molecule has 0 unspecified atom stereocenters. The van der Waals surface area contributed by atoms with E-state index in [1.165, 1.54) is 0 Å². The first-order chi connectivity index (χ1) is 14.7. The summed E-state index contributed by atoms with van der Waals surface area (Å²) in [6.45, 7) is -1.30. The first kappa shape index (κ1) is 20.8. The number of benzene rings is 2. The van der Waals surface area contributed by atoms with Crippen molar-refractivity contribution in [2.24, 2.45) is 0 Å². The lowest BCUT2D eigenvalue weighted by Gasteiger charge is -2.20. The lowest BCUT2D eigenvalue weighted by Crippen LogP contribution is -2.52. The molecule has 162 valence electrons. The van der Waals surface area contributed by atoms with Gasteiger partial charge in [0.05, 0.1) is 6.54 Å². The number of halogens is 2. The predicted molar refractivity (Wildman–Crippen MR) is 106 cm³/mol. The maximum absolute atomic E-state index is 13.2. The van der Waals surface area contributed by atoms with Crippen LogP contribution in [0.1, 0.15) is 29.9 Å². The average Bonchev–Trinajstić information content (AvgIpc) is 3.46. The van der Waals surface area contributed by atoms with Gasteiger partial charge in [-0.3, -0.25) is 4.79 Å². The Balaban J connectivity index is 1.37. The fraction of sp³-hybridized carbons (Fsp3) is 0.318. The molecule has 2 aromatic rings. The van der Waals surface area contributed by atoms with Crippen molar-refractivity contribution in [1.82, 2.24) is 10.6 Å². The summed E-state index contributed by atoms with van der Waals surface area (Å²) in [5.41, 5.74) is 2.86. The lowest BCUT2D eigenvalue weighted by atomic mass is 9.98. The van der Waals surface area contributed by atoms with Crippen molar-refractivity contribution in [3.8, 4) is 11.1 Å². The van der Waals surface area contributed by atoms with Gasteiger partial charge in [-0.15, -0.1) is 0 Å². The molecule has 1 fully saturated rings. The van der Waals surface area contributed by atoms with Crippen LogP contribution in [-0.2, 0) is 14.3 Å². The van der Waals surface area contributed by atoms with Crippen LogP contribution in [0.4, 0.5) is 13.6 Å². The summed E-state index contributed by atoms with van der Waals surface area (Å²) < 4.78 is 31.8. The van der Waals surface area contributed by atoms with E-state index in [4.69, 9.17) is 9.84 Å². The minimum absolute atomic E-state index is 0.0502. The van der Waals surface area contributed by atoms with E-state index in [1.54, 1.807) is 0 Å². The molecular weight excluding hydrogens is 410 g/mol. The Morgan fingerprint density at radius 3 is 2.10 bits per heavy atom. The maximum atomic E-state index is 13.2. The topological polar surface area (TPSA) is 105 Å². The number of nitrogens with one attached hydrogen (secondary N) is 2. The Kier molecular flexibility index (Phi) is 5.12. The summed E-state index contributed by atoms with van der Waals surface area (Å²) in [4.78, 5) is 35.0. The van der Waals surface area contributed by atoms with E-state index in [9.17, 15) is 23.2 Å². The van der Waals surface area contributed by atoms with Crippen LogP contribution in [0.2, 0.25) is 0 Å². The zero-order chi connectivity index (χ0) is 22.2. The molecule has 2 amide bonds. The Morgan fingerprint density at radius 1 is 1.03 bits per heavy atom. The van der Waals surface area contributed by atoms with Crippen molar-refractivity contribution in [3.63, 3.8) is 0 Å². The van der Waals surface area contributed by atoms with Crippen molar-refractivity contribution < 1.29 is 33.0 Å². The molecule has 0 spiro atoms. The third-order valence-corrected chi connectivity index (χ3v) is 5.65. The number of hydrogen-bond donors (Lipinski definition) is 3. The first-order valence-corrected chi connectivity index (χ1v) is 9.76. The largest absolute Gasteiger partial charge is 0.477 e. The van der Waals surface area contributed by atoms with Crippen LogP contribution in [0.5, 0.6) is 0 Å². The highest BCUT2D eigenvalue weighted by atomic mass is 19.3. The van der Waals surface area contributed by atoms with Gasteiger partial charge in [0.15, 0.2) is 0 Å². The molecular formula is C22H20F2N2O5. The molecule has 0 bridgehead atoms. The average molecular weight is 430 g/mol. The summed E-state index contributed by atoms with van der Waals surface area (Å²) in [5.74, 6) is -7.43. The molecule has 0 radical (unpaired) electrons. The number of amides is 2. The Morgan fingerprint density at radius 2 is 1.58 bits per heavy atom. The maximum Gasteiger partial charge on any atom is 0.408 e. The molecule has 0 aromatic heterocycles. The second-order valence-corrected chi connectivity index (χ2v) is 7.72. The molecule has 0 saturated heterocycles. The van der Waals surface area contributed by atoms with Gasteiger partial charge in [0.1, 0.15) is 12.1 Å². The molecule has 2 aliphatic rings. The Bertz CT molecular complexity index is 1010. The van der Waals surface area contributed by atoms with Crippen LogP contribution in [-0.4, -0.2) is 47.7 Å². The fourth-order valence-corrected chi connectivity index (χ4v) is 3.80. The lowest BCUT2D eigenvalue weighted by molar-refractivity contribution is -0.164. The number of ether oxygens (including phenoxy) is 1. The van der Waals surface area contributed by atoms with Crippen molar-refractivity contribution >= 4 is 18.0 Å². The van der Waals surface area contributed by atoms with Gasteiger partial charge in [-0.25, -0.2) is 9.59 Å². The summed E-state index contributed by atoms with van der Waals surface area (Å²) in [6.07, 6.45) is -0.330. The van der Waals surface area contributed by atoms with Crippen LogP contribution in [0.3, 0.4) is 0 Å². The summed E-state index contributed by atoms with van der Waals surface area (Å²) in [5, 5.41) is 12.8. The Hall–Kier alpha value is -3.49. The number of aliphatic carboxylic acids is 1. The van der Waals surface area contributed by atoms with E-state index >= 15 is 0 Å². The molecule has 9 heteroatoms. The van der Waals surface area contributed by atoms with Crippen molar-refractivity contribution in [3.05, 3.63) is 59.7 Å².